The van der Waals surface area contributed by atoms with E-state index in [4.69, 9.17) is 0 Å². The van der Waals surface area contributed by atoms with Crippen LogP contribution in [0, 0.1) is 0 Å². The largest absolute Gasteiger partial charge is 0.368 e. The molecule has 0 saturated carbocycles. The third-order valence-electron chi connectivity index (χ3n) is 3.51. The molecule has 5 nitrogen and oxygen atoms in total. The normalized spacial score (nSPS) is 14.8. The minimum Gasteiger partial charge on any atom is -0.368 e. The predicted octanol–water partition coefficient (Wildman–Crippen LogP) is 3.39. The number of unbranched alkanes of at least 4 members (excludes halogenated alkanes) is 1. The van der Waals surface area contributed by atoms with Gasteiger partial charge >= 0.3 is 0 Å². The van der Waals surface area contributed by atoms with Crippen LogP contribution in [0.15, 0.2) is 17.8 Å². The van der Waals surface area contributed by atoms with Gasteiger partial charge in [-0.1, -0.05) is 25.0 Å². The predicted molar refractivity (Wildman–Crippen MR) is 82.9 cm³/mol. The van der Waals surface area contributed by atoms with Crippen molar-refractivity contribution in [2.45, 2.75) is 51.9 Å². The molecule has 2 N–H and O–H groups in total. The van der Waals surface area contributed by atoms with Crippen LogP contribution < -0.4 is 10.6 Å². The van der Waals surface area contributed by atoms with Crippen LogP contribution in [0.2, 0.25) is 0 Å². The maximum absolute atomic E-state index is 4.41. The molecule has 5 heteroatoms. The number of anilines is 2. The van der Waals surface area contributed by atoms with Crippen molar-refractivity contribution in [3.8, 4) is 0 Å². The summed E-state index contributed by atoms with van der Waals surface area (Å²) in [5, 5.41) is 14.5. The first-order valence-electron chi connectivity index (χ1n) is 7.74. The van der Waals surface area contributed by atoms with Gasteiger partial charge in [-0.3, -0.25) is 0 Å². The highest BCUT2D eigenvalue weighted by Gasteiger charge is 2.04. The molecule has 1 aromatic heterocycles. The molecule has 0 aromatic carbocycles. The van der Waals surface area contributed by atoms with E-state index in [1.807, 2.05) is 0 Å². The first kappa shape index (κ1) is 14.8. The van der Waals surface area contributed by atoms with Crippen molar-refractivity contribution in [2.24, 2.45) is 0 Å². The lowest BCUT2D eigenvalue weighted by atomic mass is 9.97. The minimum atomic E-state index is 0.611. The van der Waals surface area contributed by atoms with Gasteiger partial charge in [-0.05, 0) is 38.5 Å². The molecule has 0 spiro atoms. The molecule has 0 aliphatic heterocycles. The monoisotopic (exact) mass is 275 g/mol. The first-order chi connectivity index (χ1) is 9.88. The molecular formula is C15H25N5. The van der Waals surface area contributed by atoms with E-state index < -0.39 is 0 Å². The van der Waals surface area contributed by atoms with Crippen molar-refractivity contribution in [2.75, 3.05) is 23.7 Å². The Kier molecular flexibility index (Phi) is 6.27. The Morgan fingerprint density at radius 1 is 1.20 bits per heavy atom. The lowest BCUT2D eigenvalue weighted by Gasteiger charge is -2.13. The molecule has 20 heavy (non-hydrogen) atoms. The molecule has 110 valence electrons. The number of nitrogens with zero attached hydrogens (tertiary/aromatic N) is 3. The quantitative estimate of drug-likeness (QED) is 0.562. The summed E-state index contributed by atoms with van der Waals surface area (Å²) < 4.78 is 0. The maximum atomic E-state index is 4.41. The third kappa shape index (κ3) is 5.15. The average molecular weight is 275 g/mol. The highest BCUT2D eigenvalue weighted by atomic mass is 15.3. The van der Waals surface area contributed by atoms with Crippen molar-refractivity contribution in [3.05, 3.63) is 17.8 Å². The highest BCUT2D eigenvalue weighted by molar-refractivity contribution is 5.36. The second kappa shape index (κ2) is 8.51. The molecular weight excluding hydrogens is 250 g/mol. The van der Waals surface area contributed by atoms with E-state index in [2.05, 4.69) is 38.8 Å². The number of rotatable bonds is 8. The molecule has 2 rings (SSSR count). The Bertz CT molecular complexity index is 430. The van der Waals surface area contributed by atoms with Crippen LogP contribution in [0.1, 0.15) is 51.9 Å². The van der Waals surface area contributed by atoms with Gasteiger partial charge in [0.2, 0.25) is 5.95 Å². The van der Waals surface area contributed by atoms with Crippen molar-refractivity contribution >= 4 is 11.8 Å². The Hall–Kier alpha value is -1.65. The smallest absolute Gasteiger partial charge is 0.244 e. The van der Waals surface area contributed by atoms with Gasteiger partial charge in [0.1, 0.15) is 0 Å². The molecule has 0 unspecified atom stereocenters. The zero-order valence-electron chi connectivity index (χ0n) is 12.4. The van der Waals surface area contributed by atoms with Crippen LogP contribution in [-0.4, -0.2) is 28.3 Å². The van der Waals surface area contributed by atoms with E-state index >= 15 is 0 Å². The summed E-state index contributed by atoms with van der Waals surface area (Å²) in [4.78, 5) is 4.41. The molecule has 0 fully saturated rings. The molecule has 1 aliphatic carbocycles. The van der Waals surface area contributed by atoms with Crippen LogP contribution in [0.25, 0.3) is 0 Å². The standard InChI is InChI=1S/C15H25N5/c1-2-3-10-17-15-19-14(12-18-20-15)16-11-9-13-7-5-4-6-8-13/h7,12H,2-6,8-11H2,1H3,(H2,16,17,19,20). The Morgan fingerprint density at radius 2 is 2.15 bits per heavy atom. The fraction of sp³-hybridized carbons (Fsp3) is 0.667. The zero-order chi connectivity index (χ0) is 14.0. The van der Waals surface area contributed by atoms with Gasteiger partial charge in [0.25, 0.3) is 0 Å². The molecule has 1 heterocycles. The summed E-state index contributed by atoms with van der Waals surface area (Å²) in [6.07, 6.45) is 12.6. The molecule has 1 aromatic rings. The SMILES string of the molecule is CCCCNc1nncc(NCCC2=CCCCC2)n1. The van der Waals surface area contributed by atoms with Gasteiger partial charge in [-0.2, -0.15) is 10.1 Å². The highest BCUT2D eigenvalue weighted by Crippen LogP contribution is 2.19. The molecule has 0 atom stereocenters. The third-order valence-corrected chi connectivity index (χ3v) is 3.51. The summed E-state index contributed by atoms with van der Waals surface area (Å²) >= 11 is 0. The van der Waals surface area contributed by atoms with Gasteiger partial charge in [0.15, 0.2) is 5.82 Å². The van der Waals surface area contributed by atoms with Crippen LogP contribution in [0.4, 0.5) is 11.8 Å². The van der Waals surface area contributed by atoms with E-state index in [-0.39, 0.29) is 0 Å². The summed E-state index contributed by atoms with van der Waals surface area (Å²) in [6.45, 7) is 3.98. The Labute approximate surface area is 121 Å². The summed E-state index contributed by atoms with van der Waals surface area (Å²) in [6, 6.07) is 0. The molecule has 0 amide bonds. The summed E-state index contributed by atoms with van der Waals surface area (Å²) in [7, 11) is 0. The van der Waals surface area contributed by atoms with Gasteiger partial charge in [0, 0.05) is 13.1 Å². The average Bonchev–Trinajstić information content (AvgIpc) is 2.49. The lowest BCUT2D eigenvalue weighted by molar-refractivity contribution is 0.679. The fourth-order valence-electron chi connectivity index (χ4n) is 2.32. The molecule has 1 aliphatic rings. The first-order valence-corrected chi connectivity index (χ1v) is 7.74. The zero-order valence-corrected chi connectivity index (χ0v) is 12.4. The second-order valence-electron chi connectivity index (χ2n) is 5.23. The van der Waals surface area contributed by atoms with Gasteiger partial charge < -0.3 is 10.6 Å². The fourth-order valence-corrected chi connectivity index (χ4v) is 2.32. The van der Waals surface area contributed by atoms with Crippen molar-refractivity contribution in [1.82, 2.24) is 15.2 Å². The maximum Gasteiger partial charge on any atom is 0.244 e. The van der Waals surface area contributed by atoms with Crippen LogP contribution in [0.5, 0.6) is 0 Å². The second-order valence-corrected chi connectivity index (χ2v) is 5.23. The topological polar surface area (TPSA) is 62.7 Å². The molecule has 0 bridgehead atoms. The molecule has 0 radical (unpaired) electrons. The van der Waals surface area contributed by atoms with Crippen LogP contribution in [0.3, 0.4) is 0 Å². The number of hydrogen-bond acceptors (Lipinski definition) is 5. The van der Waals surface area contributed by atoms with Crippen LogP contribution in [-0.2, 0) is 0 Å². The molecule has 0 saturated heterocycles. The number of hydrogen-bond donors (Lipinski definition) is 2. The van der Waals surface area contributed by atoms with Gasteiger partial charge in [-0.25, -0.2) is 0 Å². The van der Waals surface area contributed by atoms with E-state index in [0.717, 1.165) is 38.2 Å². The number of aromatic nitrogens is 3. The van der Waals surface area contributed by atoms with Gasteiger partial charge in [0.05, 0.1) is 6.20 Å². The van der Waals surface area contributed by atoms with Crippen LogP contribution >= 0.6 is 0 Å². The van der Waals surface area contributed by atoms with Gasteiger partial charge in [-0.15, -0.1) is 5.10 Å². The van der Waals surface area contributed by atoms with E-state index in [9.17, 15) is 0 Å². The van der Waals surface area contributed by atoms with E-state index in [1.165, 1.54) is 25.7 Å². The summed E-state index contributed by atoms with van der Waals surface area (Å²) in [5.74, 6) is 1.41. The van der Waals surface area contributed by atoms with Crippen molar-refractivity contribution in [3.63, 3.8) is 0 Å². The Balaban J connectivity index is 1.74. The van der Waals surface area contributed by atoms with E-state index in [1.54, 1.807) is 11.8 Å². The minimum absolute atomic E-state index is 0.611. The van der Waals surface area contributed by atoms with E-state index in [0.29, 0.717) is 5.95 Å². The number of allylic oxidation sites excluding steroid dienone is 1. The Morgan fingerprint density at radius 3 is 2.95 bits per heavy atom. The summed E-state index contributed by atoms with van der Waals surface area (Å²) in [5.41, 5.74) is 1.58. The lowest BCUT2D eigenvalue weighted by Crippen LogP contribution is -2.10. The van der Waals surface area contributed by atoms with Crippen molar-refractivity contribution < 1.29 is 0 Å². The van der Waals surface area contributed by atoms with Crippen molar-refractivity contribution in [1.29, 1.82) is 0 Å². The number of nitrogens with one attached hydrogen (secondary N) is 2.